The van der Waals surface area contributed by atoms with E-state index in [0.717, 1.165) is 35.9 Å². The summed E-state index contributed by atoms with van der Waals surface area (Å²) in [6.07, 6.45) is 2.99. The standard InChI is InChI=1S/C31H38N10O2/c32-18-9-19(33)15-40(14-18)28-11-24(12-29(39-28)41-16-20(34)10-21(35)17-41)37-22-5-7-23(8-6-22)38-31(43)26-13-36-27-4-2-1-3-25(27)30(26)42/h1-8,11-13,18-21H,9-10,14-17,32-35H2,(H,36,42)(H,37,39)(H,38,43)/t18-,19+,20-,21+. The molecule has 4 aromatic rings. The van der Waals surface area contributed by atoms with Crippen LogP contribution in [0.1, 0.15) is 23.2 Å². The summed E-state index contributed by atoms with van der Waals surface area (Å²) in [7, 11) is 0. The number of anilines is 5. The van der Waals surface area contributed by atoms with Gasteiger partial charge in [-0.05, 0) is 49.2 Å². The van der Waals surface area contributed by atoms with E-state index in [4.69, 9.17) is 27.9 Å². The maximum atomic E-state index is 12.9. The van der Waals surface area contributed by atoms with Crippen LogP contribution in [-0.4, -0.2) is 66.2 Å². The first-order valence-electron chi connectivity index (χ1n) is 14.5. The molecule has 2 aliphatic heterocycles. The predicted molar refractivity (Wildman–Crippen MR) is 172 cm³/mol. The number of nitrogens with zero attached hydrogens (tertiary/aromatic N) is 3. The topological polar surface area (TPSA) is 197 Å². The molecule has 2 aromatic carbocycles. The van der Waals surface area contributed by atoms with Gasteiger partial charge in [0.2, 0.25) is 5.43 Å². The van der Waals surface area contributed by atoms with E-state index in [2.05, 4.69) is 25.4 Å². The first kappa shape index (κ1) is 28.6. The molecule has 43 heavy (non-hydrogen) atoms. The minimum Gasteiger partial charge on any atom is -0.360 e. The maximum Gasteiger partial charge on any atom is 0.261 e. The van der Waals surface area contributed by atoms with Crippen molar-refractivity contribution in [2.75, 3.05) is 46.6 Å². The lowest BCUT2D eigenvalue weighted by Gasteiger charge is -2.38. The van der Waals surface area contributed by atoms with E-state index in [-0.39, 0.29) is 35.2 Å². The molecule has 224 valence electrons. The summed E-state index contributed by atoms with van der Waals surface area (Å²) in [6.45, 7) is 2.65. The molecule has 0 saturated carbocycles. The number of rotatable bonds is 6. The molecule has 12 nitrogen and oxygen atoms in total. The van der Waals surface area contributed by atoms with Gasteiger partial charge in [-0.25, -0.2) is 4.98 Å². The fraction of sp³-hybridized carbons (Fsp3) is 0.323. The van der Waals surface area contributed by atoms with Gasteiger partial charge in [0.1, 0.15) is 17.2 Å². The van der Waals surface area contributed by atoms with E-state index in [9.17, 15) is 9.59 Å². The van der Waals surface area contributed by atoms with Gasteiger partial charge in [-0.15, -0.1) is 0 Å². The maximum absolute atomic E-state index is 12.9. The number of piperidine rings is 2. The van der Waals surface area contributed by atoms with Crippen molar-refractivity contribution in [3.63, 3.8) is 0 Å². The Bertz CT molecular complexity index is 1610. The van der Waals surface area contributed by atoms with Crippen molar-refractivity contribution in [3.05, 3.63) is 82.6 Å². The highest BCUT2D eigenvalue weighted by atomic mass is 16.2. The number of hydrogen-bond donors (Lipinski definition) is 7. The SMILES string of the molecule is N[C@@H]1C[C@H](N)CN(c2cc(Nc3ccc(NC(=O)c4c[nH]c5ccccc5c4=O)cc3)cc(N3C[C@H](N)C[C@H](N)C3)n2)C1. The first-order valence-corrected chi connectivity index (χ1v) is 14.5. The second-order valence-corrected chi connectivity index (χ2v) is 11.6. The Morgan fingerprint density at radius 3 is 1.88 bits per heavy atom. The van der Waals surface area contributed by atoms with Crippen molar-refractivity contribution in [3.8, 4) is 0 Å². The zero-order valence-corrected chi connectivity index (χ0v) is 23.9. The second kappa shape index (κ2) is 12.0. The predicted octanol–water partition coefficient (Wildman–Crippen LogP) is 1.65. The number of aromatic amines is 1. The lowest BCUT2D eigenvalue weighted by atomic mass is 10.0. The van der Waals surface area contributed by atoms with Gasteiger partial charge in [0, 0.05) is 96.6 Å². The summed E-state index contributed by atoms with van der Waals surface area (Å²) in [4.78, 5) is 38.0. The number of para-hydroxylation sites is 1. The normalized spacial score (nSPS) is 22.4. The monoisotopic (exact) mass is 582 g/mol. The van der Waals surface area contributed by atoms with Gasteiger partial charge in [0.05, 0.1) is 0 Å². The number of pyridine rings is 2. The van der Waals surface area contributed by atoms with Crippen molar-refractivity contribution in [1.29, 1.82) is 0 Å². The molecular weight excluding hydrogens is 544 g/mol. The van der Waals surface area contributed by atoms with Gasteiger partial charge in [-0.2, -0.15) is 0 Å². The number of H-pyrrole nitrogens is 1. The number of nitrogens with one attached hydrogen (secondary N) is 3. The van der Waals surface area contributed by atoms with Crippen LogP contribution in [0.25, 0.3) is 10.9 Å². The number of aromatic nitrogens is 2. The van der Waals surface area contributed by atoms with Crippen LogP contribution in [-0.2, 0) is 0 Å². The molecule has 0 unspecified atom stereocenters. The number of carbonyl (C=O) groups is 1. The molecule has 2 aromatic heterocycles. The van der Waals surface area contributed by atoms with Crippen LogP contribution >= 0.6 is 0 Å². The lowest BCUT2D eigenvalue weighted by molar-refractivity contribution is 0.102. The molecule has 4 atom stereocenters. The van der Waals surface area contributed by atoms with Crippen LogP contribution in [0.5, 0.6) is 0 Å². The van der Waals surface area contributed by atoms with Gasteiger partial charge in [0.15, 0.2) is 0 Å². The highest BCUT2D eigenvalue weighted by Crippen LogP contribution is 2.30. The van der Waals surface area contributed by atoms with Crippen LogP contribution in [0.3, 0.4) is 0 Å². The lowest BCUT2D eigenvalue weighted by Crippen LogP contribution is -2.53. The third-order valence-electron chi connectivity index (χ3n) is 7.94. The third kappa shape index (κ3) is 6.47. The summed E-state index contributed by atoms with van der Waals surface area (Å²) >= 11 is 0. The largest absolute Gasteiger partial charge is 0.360 e. The summed E-state index contributed by atoms with van der Waals surface area (Å²) in [5, 5.41) is 6.75. The van der Waals surface area contributed by atoms with Crippen LogP contribution in [0.4, 0.5) is 28.7 Å². The number of benzene rings is 2. The highest BCUT2D eigenvalue weighted by molar-refractivity contribution is 6.05. The van der Waals surface area contributed by atoms with Gasteiger partial charge in [0.25, 0.3) is 5.91 Å². The number of nitrogens with two attached hydrogens (primary N) is 4. The number of fused-ring (bicyclic) bond motifs is 1. The number of hydrogen-bond acceptors (Lipinski definition) is 10. The average Bonchev–Trinajstić information content (AvgIpc) is 2.97. The minimum absolute atomic E-state index is 0.0320. The Balaban J connectivity index is 1.22. The van der Waals surface area contributed by atoms with Crippen LogP contribution < -0.4 is 48.8 Å². The molecule has 0 bridgehead atoms. The highest BCUT2D eigenvalue weighted by Gasteiger charge is 2.27. The number of carbonyl (C=O) groups excluding carboxylic acids is 1. The van der Waals surface area contributed by atoms with Crippen LogP contribution in [0, 0.1) is 0 Å². The zero-order chi connectivity index (χ0) is 30.1. The Labute approximate surface area is 249 Å². The summed E-state index contributed by atoms with van der Waals surface area (Å²) in [5.74, 6) is 1.08. The van der Waals surface area contributed by atoms with E-state index in [1.54, 1.807) is 30.3 Å². The van der Waals surface area contributed by atoms with Gasteiger partial charge in [-0.3, -0.25) is 9.59 Å². The fourth-order valence-electron chi connectivity index (χ4n) is 5.97. The van der Waals surface area contributed by atoms with Crippen molar-refractivity contribution in [2.24, 2.45) is 22.9 Å². The Morgan fingerprint density at radius 2 is 1.30 bits per heavy atom. The van der Waals surface area contributed by atoms with Crippen molar-refractivity contribution < 1.29 is 4.79 Å². The van der Waals surface area contributed by atoms with Crippen LogP contribution in [0.2, 0.25) is 0 Å². The van der Waals surface area contributed by atoms with Crippen molar-refractivity contribution >= 4 is 45.5 Å². The Kier molecular flexibility index (Phi) is 8.00. The van der Waals surface area contributed by atoms with Gasteiger partial charge < -0.3 is 48.4 Å². The molecule has 2 fully saturated rings. The fourth-order valence-corrected chi connectivity index (χ4v) is 5.97. The minimum atomic E-state index is -0.480. The van der Waals surface area contributed by atoms with E-state index >= 15 is 0 Å². The molecular formula is C31H38N10O2. The molecule has 2 saturated heterocycles. The van der Waals surface area contributed by atoms with E-state index < -0.39 is 5.91 Å². The average molecular weight is 583 g/mol. The molecule has 0 aliphatic carbocycles. The van der Waals surface area contributed by atoms with E-state index in [0.29, 0.717) is 42.8 Å². The molecule has 12 heteroatoms. The molecule has 0 radical (unpaired) electrons. The molecule has 6 rings (SSSR count). The summed E-state index contributed by atoms with van der Waals surface area (Å²) in [5.41, 5.74) is 27.8. The quantitative estimate of drug-likeness (QED) is 0.175. The smallest absolute Gasteiger partial charge is 0.261 e. The molecule has 2 aliphatic rings. The van der Waals surface area contributed by atoms with E-state index in [1.165, 1.54) is 6.20 Å². The molecule has 11 N–H and O–H groups in total. The molecule has 0 spiro atoms. The number of amides is 1. The van der Waals surface area contributed by atoms with Crippen LogP contribution in [0.15, 0.2) is 71.7 Å². The first-order chi connectivity index (χ1) is 20.7. The third-order valence-corrected chi connectivity index (χ3v) is 7.94. The summed E-state index contributed by atoms with van der Waals surface area (Å²) < 4.78 is 0. The van der Waals surface area contributed by atoms with Crippen molar-refractivity contribution in [1.82, 2.24) is 9.97 Å². The van der Waals surface area contributed by atoms with E-state index in [1.807, 2.05) is 30.3 Å². The van der Waals surface area contributed by atoms with Gasteiger partial charge >= 0.3 is 0 Å². The molecule has 1 amide bonds. The second-order valence-electron chi connectivity index (χ2n) is 11.6. The Morgan fingerprint density at radius 1 is 0.767 bits per heavy atom. The molecule has 4 heterocycles. The van der Waals surface area contributed by atoms with Gasteiger partial charge in [-0.1, -0.05) is 12.1 Å². The summed E-state index contributed by atoms with van der Waals surface area (Å²) in [6, 6.07) is 18.2. The Hall–Kier alpha value is -4.49. The zero-order valence-electron chi connectivity index (χ0n) is 23.9. The van der Waals surface area contributed by atoms with Crippen molar-refractivity contribution in [2.45, 2.75) is 37.0 Å².